The van der Waals surface area contributed by atoms with E-state index >= 15 is 0 Å². The van der Waals surface area contributed by atoms with Crippen molar-refractivity contribution in [3.8, 4) is 0 Å². The molecule has 1 aromatic rings. The van der Waals surface area contributed by atoms with Gasteiger partial charge in [0, 0.05) is 23.8 Å². The highest BCUT2D eigenvalue weighted by atomic mass is 32.2. The molecule has 2 atom stereocenters. The number of rotatable bonds is 6. The van der Waals surface area contributed by atoms with Crippen molar-refractivity contribution in [2.45, 2.75) is 44.7 Å². The van der Waals surface area contributed by atoms with E-state index in [9.17, 15) is 24.4 Å². The summed E-state index contributed by atoms with van der Waals surface area (Å²) >= 11 is 1.31. The number of carbonyl (C=O) groups is 4. The molecule has 1 aromatic carbocycles. The third-order valence-corrected chi connectivity index (χ3v) is 6.08. The van der Waals surface area contributed by atoms with Gasteiger partial charge in [0.1, 0.15) is 29.3 Å². The average molecular weight is 476 g/mol. The molecule has 2 aliphatic rings. The summed E-state index contributed by atoms with van der Waals surface area (Å²) in [5, 5.41) is 14.4. The van der Waals surface area contributed by atoms with Crippen molar-refractivity contribution in [2.24, 2.45) is 5.16 Å². The molecule has 3 rings (SSSR count). The Hall–Kier alpha value is -3.34. The second-order valence-corrected chi connectivity index (χ2v) is 9.51. The van der Waals surface area contributed by atoms with Crippen LogP contribution in [0.3, 0.4) is 0 Å². The van der Waals surface area contributed by atoms with Crippen molar-refractivity contribution in [1.29, 1.82) is 0 Å². The van der Waals surface area contributed by atoms with Crippen molar-refractivity contribution < 1.29 is 33.9 Å². The summed E-state index contributed by atoms with van der Waals surface area (Å²) in [5.74, 6) is -2.18. The monoisotopic (exact) mass is 475 g/mol. The van der Waals surface area contributed by atoms with Gasteiger partial charge in [0.15, 0.2) is 5.71 Å². The van der Waals surface area contributed by atoms with Gasteiger partial charge in [-0.25, -0.2) is 4.79 Å². The molecule has 2 heterocycles. The Labute approximate surface area is 195 Å². The summed E-state index contributed by atoms with van der Waals surface area (Å²) < 4.78 is 10.5. The summed E-state index contributed by atoms with van der Waals surface area (Å²) in [6, 6.07) is 7.39. The van der Waals surface area contributed by atoms with Crippen LogP contribution in [-0.4, -0.2) is 68.9 Å². The number of nitrogens with zero attached hydrogens (tertiary/aromatic N) is 2. The van der Waals surface area contributed by atoms with E-state index in [1.165, 1.54) is 23.6 Å². The molecule has 2 amide bonds. The summed E-state index contributed by atoms with van der Waals surface area (Å²) in [4.78, 5) is 51.1. The van der Waals surface area contributed by atoms with Crippen molar-refractivity contribution in [3.05, 3.63) is 47.2 Å². The molecule has 0 unspecified atom stereocenters. The molecule has 0 aromatic heterocycles. The van der Waals surface area contributed by atoms with Crippen LogP contribution in [-0.2, 0) is 28.7 Å². The van der Waals surface area contributed by atoms with Gasteiger partial charge >= 0.3 is 11.9 Å². The van der Waals surface area contributed by atoms with Crippen LogP contribution < -0.4 is 5.32 Å². The molecule has 0 bridgehead atoms. The van der Waals surface area contributed by atoms with Gasteiger partial charge in [-0.05, 0) is 20.8 Å². The van der Waals surface area contributed by atoms with Gasteiger partial charge in [0.05, 0.1) is 0 Å². The number of amides is 2. The minimum Gasteiger partial charge on any atom is -0.461 e. The Bertz CT molecular complexity index is 1030. The maximum Gasteiger partial charge on any atom is 0.355 e. The number of benzene rings is 1. The number of nitrogens with one attached hydrogen (secondary N) is 1. The van der Waals surface area contributed by atoms with Gasteiger partial charge in [-0.1, -0.05) is 35.5 Å². The Kier molecular flexibility index (Phi) is 7.11. The van der Waals surface area contributed by atoms with Crippen LogP contribution in [0, 0.1) is 0 Å². The number of thioether (sulfide) groups is 1. The molecule has 176 valence electrons. The van der Waals surface area contributed by atoms with Crippen molar-refractivity contribution in [2.75, 3.05) is 12.4 Å². The lowest BCUT2D eigenvalue weighted by Gasteiger charge is -2.49. The van der Waals surface area contributed by atoms with Gasteiger partial charge in [-0.2, -0.15) is 0 Å². The highest BCUT2D eigenvalue weighted by molar-refractivity contribution is 8.00. The van der Waals surface area contributed by atoms with E-state index in [4.69, 9.17) is 9.47 Å². The zero-order valence-corrected chi connectivity index (χ0v) is 19.5. The summed E-state index contributed by atoms with van der Waals surface area (Å²) in [6.07, 6.45) is 0. The Morgan fingerprint density at radius 1 is 1.24 bits per heavy atom. The molecule has 0 radical (unpaired) electrons. The molecule has 2 aliphatic heterocycles. The van der Waals surface area contributed by atoms with E-state index in [-0.39, 0.29) is 18.0 Å². The molecular formula is C22H25N3O7S. The minimum atomic E-state index is -0.935. The van der Waals surface area contributed by atoms with Crippen LogP contribution in [0.15, 0.2) is 46.8 Å². The quantitative estimate of drug-likeness (QED) is 0.207. The smallest absolute Gasteiger partial charge is 0.355 e. The first-order chi connectivity index (χ1) is 15.5. The maximum absolute atomic E-state index is 13.0. The standard InChI is InChI=1S/C22H25N3O7S/c1-12(26)31-10-14-11-33-20-16(19(28)25(20)17(14)21(29)32-22(2,3)4)23-18(27)15(24-30)13-8-6-5-7-9-13/h5-9,16,20,30H,10-11H2,1-4H3,(H,23,27)/t16-,20+/m1/s1. The number of ether oxygens (including phenoxy) is 2. The lowest BCUT2D eigenvalue weighted by molar-refractivity contribution is -0.159. The molecule has 11 heteroatoms. The second kappa shape index (κ2) is 9.65. The number of fused-ring (bicyclic) bond motifs is 1. The fourth-order valence-electron chi connectivity index (χ4n) is 3.34. The topological polar surface area (TPSA) is 135 Å². The minimum absolute atomic E-state index is 0.0181. The SMILES string of the molecule is CC(=O)OCC1=C(C(=O)OC(C)(C)C)N2C(=O)[C@@H](NC(=O)C(=NO)c3ccccc3)[C@@H]2SC1. The molecule has 1 fully saturated rings. The molecule has 1 saturated heterocycles. The van der Waals surface area contributed by atoms with Gasteiger partial charge in [0.25, 0.3) is 11.8 Å². The highest BCUT2D eigenvalue weighted by Crippen LogP contribution is 2.41. The van der Waals surface area contributed by atoms with Crippen molar-refractivity contribution >= 4 is 41.2 Å². The largest absolute Gasteiger partial charge is 0.461 e. The lowest BCUT2D eigenvalue weighted by atomic mass is 10.0. The third-order valence-electron chi connectivity index (χ3n) is 4.74. The summed E-state index contributed by atoms with van der Waals surface area (Å²) in [7, 11) is 0. The van der Waals surface area contributed by atoms with E-state index in [2.05, 4.69) is 10.5 Å². The number of oxime groups is 1. The Morgan fingerprint density at radius 2 is 1.91 bits per heavy atom. The van der Waals surface area contributed by atoms with Gasteiger partial charge in [-0.15, -0.1) is 11.8 Å². The van der Waals surface area contributed by atoms with Gasteiger partial charge in [0.2, 0.25) is 0 Å². The first kappa shape index (κ1) is 24.3. The first-order valence-corrected chi connectivity index (χ1v) is 11.2. The molecule has 0 spiro atoms. The Balaban J connectivity index is 1.82. The molecule has 2 N–H and O–H groups in total. The van der Waals surface area contributed by atoms with Crippen LogP contribution in [0.2, 0.25) is 0 Å². The van der Waals surface area contributed by atoms with E-state index in [0.717, 1.165) is 0 Å². The zero-order chi connectivity index (χ0) is 24.3. The van der Waals surface area contributed by atoms with E-state index < -0.39 is 40.8 Å². The van der Waals surface area contributed by atoms with Crippen molar-refractivity contribution in [1.82, 2.24) is 10.2 Å². The number of carbonyl (C=O) groups excluding carboxylic acids is 4. The van der Waals surface area contributed by atoms with Crippen LogP contribution >= 0.6 is 11.8 Å². The van der Waals surface area contributed by atoms with Gasteiger partial charge < -0.3 is 20.0 Å². The molecular weight excluding hydrogens is 450 g/mol. The summed E-state index contributed by atoms with van der Waals surface area (Å²) in [6.45, 7) is 6.20. The first-order valence-electron chi connectivity index (χ1n) is 10.1. The fourth-order valence-corrected chi connectivity index (χ4v) is 4.67. The molecule has 10 nitrogen and oxygen atoms in total. The average Bonchev–Trinajstić information content (AvgIpc) is 2.75. The predicted octanol–water partition coefficient (Wildman–Crippen LogP) is 1.42. The molecule has 0 aliphatic carbocycles. The normalized spacial score (nSPS) is 20.5. The Morgan fingerprint density at radius 3 is 2.48 bits per heavy atom. The van der Waals surface area contributed by atoms with Crippen LogP contribution in [0.25, 0.3) is 0 Å². The number of hydrogen-bond acceptors (Lipinski definition) is 9. The highest BCUT2D eigenvalue weighted by Gasteiger charge is 2.55. The fraction of sp³-hybridized carbons (Fsp3) is 0.409. The second-order valence-electron chi connectivity index (χ2n) is 8.41. The van der Waals surface area contributed by atoms with Crippen LogP contribution in [0.1, 0.15) is 33.3 Å². The molecule has 0 saturated carbocycles. The van der Waals surface area contributed by atoms with E-state index in [0.29, 0.717) is 16.9 Å². The van der Waals surface area contributed by atoms with E-state index in [1.54, 1.807) is 51.1 Å². The zero-order valence-electron chi connectivity index (χ0n) is 18.7. The van der Waals surface area contributed by atoms with Gasteiger partial charge in [-0.3, -0.25) is 19.3 Å². The number of esters is 2. The molecule has 33 heavy (non-hydrogen) atoms. The maximum atomic E-state index is 13.0. The van der Waals surface area contributed by atoms with Crippen LogP contribution in [0.4, 0.5) is 0 Å². The predicted molar refractivity (Wildman–Crippen MR) is 119 cm³/mol. The summed E-state index contributed by atoms with van der Waals surface area (Å²) in [5.41, 5.74) is -0.192. The number of β-lactam (4-membered cyclic amide) rings is 1. The lowest BCUT2D eigenvalue weighted by Crippen LogP contribution is -2.71. The third kappa shape index (κ3) is 5.36. The van der Waals surface area contributed by atoms with Crippen molar-refractivity contribution in [3.63, 3.8) is 0 Å². The number of hydrogen-bond donors (Lipinski definition) is 2. The van der Waals surface area contributed by atoms with Crippen LogP contribution in [0.5, 0.6) is 0 Å². The van der Waals surface area contributed by atoms with E-state index in [1.807, 2.05) is 0 Å².